The molecule has 1 atom stereocenters. The Bertz CT molecular complexity index is 797. The van der Waals surface area contributed by atoms with Gasteiger partial charge < -0.3 is 10.2 Å². The summed E-state index contributed by atoms with van der Waals surface area (Å²) in [7, 11) is -3.23. The molecule has 6 nitrogen and oxygen atoms in total. The summed E-state index contributed by atoms with van der Waals surface area (Å²) in [5.74, 6) is -0.536. The number of carbonyl (C=O) groups is 2. The van der Waals surface area contributed by atoms with Crippen LogP contribution in [0.25, 0.3) is 0 Å². The number of rotatable bonds is 8. The number of sulfone groups is 1. The van der Waals surface area contributed by atoms with Crippen LogP contribution in [-0.2, 0) is 32.4 Å². The van der Waals surface area contributed by atoms with Crippen LogP contribution < -0.4 is 5.32 Å². The van der Waals surface area contributed by atoms with Gasteiger partial charge in [0, 0.05) is 24.4 Å². The molecule has 1 aliphatic heterocycles. The third-order valence-corrected chi connectivity index (χ3v) is 9.04. The molecule has 2 heterocycles. The number of nitrogens with zero attached hydrogens (tertiary/aromatic N) is 1. The molecule has 3 rings (SSSR count). The molecule has 2 aliphatic rings. The Labute approximate surface area is 171 Å². The van der Waals surface area contributed by atoms with Gasteiger partial charge in [-0.25, -0.2) is 8.42 Å². The van der Waals surface area contributed by atoms with Crippen LogP contribution >= 0.6 is 11.3 Å². The number of carbonyl (C=O) groups excluding carboxylic acids is 2. The van der Waals surface area contributed by atoms with Gasteiger partial charge in [-0.2, -0.15) is 0 Å². The second-order valence-electron chi connectivity index (χ2n) is 7.81. The van der Waals surface area contributed by atoms with Crippen LogP contribution in [0.1, 0.15) is 62.3 Å². The van der Waals surface area contributed by atoms with Crippen LogP contribution in [-0.4, -0.2) is 48.7 Å². The van der Waals surface area contributed by atoms with Crippen molar-refractivity contribution >= 4 is 33.0 Å². The van der Waals surface area contributed by atoms with Gasteiger partial charge in [-0.1, -0.05) is 26.2 Å². The zero-order valence-electron chi connectivity index (χ0n) is 16.5. The first-order valence-corrected chi connectivity index (χ1v) is 12.8. The third-order valence-electron chi connectivity index (χ3n) is 5.75. The number of fused-ring (bicyclic) bond motifs is 1. The molecule has 1 unspecified atom stereocenters. The lowest BCUT2D eigenvalue weighted by Crippen LogP contribution is -2.49. The summed E-state index contributed by atoms with van der Waals surface area (Å²) in [6.45, 7) is 3.23. The van der Waals surface area contributed by atoms with Crippen molar-refractivity contribution in [2.45, 2.75) is 76.1 Å². The van der Waals surface area contributed by atoms with E-state index in [0.29, 0.717) is 32.4 Å². The molecule has 1 saturated carbocycles. The monoisotopic (exact) mass is 426 g/mol. The summed E-state index contributed by atoms with van der Waals surface area (Å²) in [5, 5.41) is 4.56. The molecule has 1 aliphatic carbocycles. The lowest BCUT2D eigenvalue weighted by atomic mass is 10.1. The van der Waals surface area contributed by atoms with Gasteiger partial charge in [-0.05, 0) is 42.7 Å². The Morgan fingerprint density at radius 2 is 2.07 bits per heavy atom. The molecule has 1 N–H and O–H groups in total. The molecule has 0 spiro atoms. The molecule has 28 heavy (non-hydrogen) atoms. The molecule has 0 bridgehead atoms. The quantitative estimate of drug-likeness (QED) is 0.693. The third kappa shape index (κ3) is 5.14. The highest BCUT2D eigenvalue weighted by Gasteiger charge is 2.31. The number of nitrogens with one attached hydrogen (secondary N) is 1. The lowest BCUT2D eigenvalue weighted by Gasteiger charge is -2.31. The van der Waals surface area contributed by atoms with Crippen molar-refractivity contribution in [3.63, 3.8) is 0 Å². The maximum absolute atomic E-state index is 13.0. The molecule has 2 amide bonds. The second kappa shape index (κ2) is 9.39. The van der Waals surface area contributed by atoms with Gasteiger partial charge in [0.05, 0.1) is 11.0 Å². The zero-order valence-corrected chi connectivity index (χ0v) is 18.1. The van der Waals surface area contributed by atoms with Crippen LogP contribution in [0.4, 0.5) is 0 Å². The average molecular weight is 427 g/mol. The van der Waals surface area contributed by atoms with Crippen molar-refractivity contribution in [2.75, 3.05) is 12.3 Å². The van der Waals surface area contributed by atoms with Gasteiger partial charge >= 0.3 is 0 Å². The molecular formula is C20H30N2O4S2. The van der Waals surface area contributed by atoms with E-state index in [9.17, 15) is 18.0 Å². The molecule has 156 valence electrons. The molecule has 1 aromatic heterocycles. The molecule has 0 saturated heterocycles. The number of amides is 2. The highest BCUT2D eigenvalue weighted by Crippen LogP contribution is 2.26. The summed E-state index contributed by atoms with van der Waals surface area (Å²) >= 11 is 1.72. The fourth-order valence-electron chi connectivity index (χ4n) is 4.12. The second-order valence-corrected chi connectivity index (χ2v) is 11.2. The zero-order chi connectivity index (χ0) is 20.1. The smallest absolute Gasteiger partial charge is 0.245 e. The SMILES string of the molecule is CCCC(NC(=O)CCS(=O)(=O)C1CCCC1)C(=O)N1CCc2sccc2C1. The first-order valence-electron chi connectivity index (χ1n) is 10.3. The summed E-state index contributed by atoms with van der Waals surface area (Å²) < 4.78 is 24.7. The Balaban J connectivity index is 1.54. The molecule has 0 radical (unpaired) electrons. The van der Waals surface area contributed by atoms with E-state index >= 15 is 0 Å². The maximum Gasteiger partial charge on any atom is 0.245 e. The molecule has 1 fully saturated rings. The minimum Gasteiger partial charge on any atom is -0.344 e. The van der Waals surface area contributed by atoms with Gasteiger partial charge in [0.2, 0.25) is 11.8 Å². The standard InChI is InChI=1S/C20H30N2O4S2/c1-2-5-17(20(24)22-11-8-18-15(14-22)9-12-27-18)21-19(23)10-13-28(25,26)16-6-3-4-7-16/h9,12,16-17H,2-8,10-11,13-14H2,1H3,(H,21,23). The largest absolute Gasteiger partial charge is 0.344 e. The molecular weight excluding hydrogens is 396 g/mol. The van der Waals surface area contributed by atoms with E-state index in [-0.39, 0.29) is 29.2 Å². The van der Waals surface area contributed by atoms with E-state index in [1.807, 2.05) is 11.8 Å². The van der Waals surface area contributed by atoms with Crippen molar-refractivity contribution in [2.24, 2.45) is 0 Å². The van der Waals surface area contributed by atoms with Crippen molar-refractivity contribution in [1.82, 2.24) is 10.2 Å². The predicted molar refractivity (Wildman–Crippen MR) is 111 cm³/mol. The van der Waals surface area contributed by atoms with Crippen molar-refractivity contribution in [1.29, 1.82) is 0 Å². The molecule has 0 aromatic carbocycles. The van der Waals surface area contributed by atoms with Crippen molar-refractivity contribution in [3.05, 3.63) is 21.9 Å². The topological polar surface area (TPSA) is 83.5 Å². The highest BCUT2D eigenvalue weighted by atomic mass is 32.2. The normalized spacial score (nSPS) is 18.7. The number of thiophene rings is 1. The van der Waals surface area contributed by atoms with Crippen LogP contribution in [0.3, 0.4) is 0 Å². The first-order chi connectivity index (χ1) is 13.4. The van der Waals surface area contributed by atoms with Gasteiger partial charge in [-0.3, -0.25) is 9.59 Å². The summed E-state index contributed by atoms with van der Waals surface area (Å²) in [4.78, 5) is 28.5. The number of hydrogen-bond donors (Lipinski definition) is 1. The fourth-order valence-corrected chi connectivity index (χ4v) is 6.86. The van der Waals surface area contributed by atoms with E-state index in [1.165, 1.54) is 10.4 Å². The fraction of sp³-hybridized carbons (Fsp3) is 0.700. The van der Waals surface area contributed by atoms with Gasteiger partial charge in [-0.15, -0.1) is 11.3 Å². The minimum atomic E-state index is -3.23. The van der Waals surface area contributed by atoms with Crippen LogP contribution in [0.2, 0.25) is 0 Å². The Morgan fingerprint density at radius 3 is 2.79 bits per heavy atom. The van der Waals surface area contributed by atoms with E-state index in [2.05, 4.69) is 16.8 Å². The first kappa shape index (κ1) is 21.3. The van der Waals surface area contributed by atoms with Crippen LogP contribution in [0.5, 0.6) is 0 Å². The van der Waals surface area contributed by atoms with Gasteiger partial charge in [0.15, 0.2) is 9.84 Å². The molecule has 8 heteroatoms. The molecule has 1 aromatic rings. The lowest BCUT2D eigenvalue weighted by molar-refractivity contribution is -0.137. The van der Waals surface area contributed by atoms with E-state index in [0.717, 1.165) is 25.7 Å². The Hall–Kier alpha value is -1.41. The number of hydrogen-bond acceptors (Lipinski definition) is 5. The van der Waals surface area contributed by atoms with Crippen molar-refractivity contribution < 1.29 is 18.0 Å². The highest BCUT2D eigenvalue weighted by molar-refractivity contribution is 7.92. The summed E-state index contributed by atoms with van der Waals surface area (Å²) in [6, 6.07) is 1.48. The van der Waals surface area contributed by atoms with E-state index < -0.39 is 15.9 Å². The average Bonchev–Trinajstić information content (AvgIpc) is 3.36. The van der Waals surface area contributed by atoms with Gasteiger partial charge in [0.1, 0.15) is 6.04 Å². The van der Waals surface area contributed by atoms with Crippen LogP contribution in [0.15, 0.2) is 11.4 Å². The van der Waals surface area contributed by atoms with Crippen molar-refractivity contribution in [3.8, 4) is 0 Å². The van der Waals surface area contributed by atoms with E-state index in [4.69, 9.17) is 0 Å². The summed E-state index contributed by atoms with van der Waals surface area (Å²) in [5.41, 5.74) is 1.19. The van der Waals surface area contributed by atoms with Gasteiger partial charge in [0.25, 0.3) is 0 Å². The van der Waals surface area contributed by atoms with E-state index in [1.54, 1.807) is 11.3 Å². The minimum absolute atomic E-state index is 0.0642. The van der Waals surface area contributed by atoms with Crippen LogP contribution in [0, 0.1) is 0 Å². The summed E-state index contributed by atoms with van der Waals surface area (Å²) in [6.07, 6.45) is 5.43. The Kier molecular flexibility index (Phi) is 7.15. The maximum atomic E-state index is 13.0. The predicted octanol–water partition coefficient (Wildman–Crippen LogP) is 2.67. The Morgan fingerprint density at radius 1 is 1.32 bits per heavy atom.